The van der Waals surface area contributed by atoms with Gasteiger partial charge in [-0.2, -0.15) is 0 Å². The molecule has 0 saturated heterocycles. The lowest BCUT2D eigenvalue weighted by Gasteiger charge is -2.35. The topological polar surface area (TPSA) is 26.0 Å². The van der Waals surface area contributed by atoms with Crippen molar-refractivity contribution in [1.82, 2.24) is 0 Å². The normalized spacial score (nSPS) is 26.1. The van der Waals surface area contributed by atoms with E-state index < -0.39 is 0 Å². The fourth-order valence-electron chi connectivity index (χ4n) is 3.02. The summed E-state index contributed by atoms with van der Waals surface area (Å²) in [5.74, 6) is 0.882. The van der Waals surface area contributed by atoms with E-state index in [4.69, 9.17) is 5.73 Å². The Bertz CT molecular complexity index is 367. The van der Waals surface area contributed by atoms with E-state index in [1.54, 1.807) is 5.57 Å². The van der Waals surface area contributed by atoms with Crippen molar-refractivity contribution in [2.45, 2.75) is 52.9 Å². The van der Waals surface area contributed by atoms with E-state index in [1.165, 1.54) is 31.3 Å². The molecule has 0 unspecified atom stereocenters. The van der Waals surface area contributed by atoms with E-state index in [-0.39, 0.29) is 0 Å². The van der Waals surface area contributed by atoms with E-state index in [1.807, 2.05) is 6.08 Å². The van der Waals surface area contributed by atoms with Crippen LogP contribution in [0, 0.1) is 11.3 Å². The van der Waals surface area contributed by atoms with Crippen molar-refractivity contribution in [2.75, 3.05) is 0 Å². The average molecular weight is 231 g/mol. The van der Waals surface area contributed by atoms with Crippen molar-refractivity contribution in [3.05, 3.63) is 35.1 Å². The van der Waals surface area contributed by atoms with Crippen LogP contribution in [0.15, 0.2) is 35.1 Å². The van der Waals surface area contributed by atoms with Crippen LogP contribution in [0.25, 0.3) is 0 Å². The van der Waals surface area contributed by atoms with Crippen molar-refractivity contribution in [3.8, 4) is 0 Å². The van der Waals surface area contributed by atoms with Crippen LogP contribution in [0.3, 0.4) is 0 Å². The Morgan fingerprint density at radius 1 is 1.18 bits per heavy atom. The van der Waals surface area contributed by atoms with E-state index >= 15 is 0 Å². The summed E-state index contributed by atoms with van der Waals surface area (Å²) < 4.78 is 0. The van der Waals surface area contributed by atoms with Crippen LogP contribution in [0.2, 0.25) is 0 Å². The highest BCUT2D eigenvalue weighted by atomic mass is 14.6. The smallest absolute Gasteiger partial charge is 0.0125 e. The number of rotatable bonds is 0. The van der Waals surface area contributed by atoms with Crippen LogP contribution in [-0.4, -0.2) is 0 Å². The van der Waals surface area contributed by atoms with Gasteiger partial charge in [0.05, 0.1) is 0 Å². The zero-order valence-corrected chi connectivity index (χ0v) is 11.4. The minimum absolute atomic E-state index is 0.470. The highest BCUT2D eigenvalue weighted by molar-refractivity contribution is 5.37. The first-order chi connectivity index (χ1) is 7.97. The molecule has 0 spiro atoms. The highest BCUT2D eigenvalue weighted by Gasteiger charge is 2.28. The molecule has 0 heterocycles. The van der Waals surface area contributed by atoms with Gasteiger partial charge in [0, 0.05) is 12.1 Å². The van der Waals surface area contributed by atoms with Crippen molar-refractivity contribution >= 4 is 0 Å². The van der Waals surface area contributed by atoms with Gasteiger partial charge in [0.25, 0.3) is 0 Å². The second-order valence-corrected chi connectivity index (χ2v) is 6.55. The molecule has 0 aromatic heterocycles. The fourth-order valence-corrected chi connectivity index (χ4v) is 3.02. The maximum absolute atomic E-state index is 5.90. The van der Waals surface area contributed by atoms with Crippen LogP contribution in [-0.2, 0) is 0 Å². The van der Waals surface area contributed by atoms with Crippen molar-refractivity contribution in [1.29, 1.82) is 0 Å². The summed E-state index contributed by atoms with van der Waals surface area (Å²) in [4.78, 5) is 0. The van der Waals surface area contributed by atoms with Crippen LogP contribution in [0.1, 0.15) is 52.9 Å². The molecule has 94 valence electrons. The summed E-state index contributed by atoms with van der Waals surface area (Å²) in [6.07, 6.45) is 12.6. The molecule has 0 bridgehead atoms. The summed E-state index contributed by atoms with van der Waals surface area (Å²) in [5.41, 5.74) is 10.5. The van der Waals surface area contributed by atoms with Gasteiger partial charge in [-0.25, -0.2) is 0 Å². The minimum atomic E-state index is 0.470. The largest absolute Gasteiger partial charge is 0.402 e. The van der Waals surface area contributed by atoms with Gasteiger partial charge in [0.1, 0.15) is 0 Å². The molecule has 1 saturated carbocycles. The first kappa shape index (κ1) is 12.5. The molecule has 0 radical (unpaired) electrons. The molecule has 2 aliphatic carbocycles. The molecule has 1 fully saturated rings. The predicted molar refractivity (Wildman–Crippen MR) is 74.5 cm³/mol. The van der Waals surface area contributed by atoms with E-state index in [0.717, 1.165) is 18.0 Å². The summed E-state index contributed by atoms with van der Waals surface area (Å²) in [6.45, 7) is 7.12. The third-order valence-corrected chi connectivity index (χ3v) is 4.27. The van der Waals surface area contributed by atoms with Gasteiger partial charge in [-0.05, 0) is 48.7 Å². The number of allylic oxidation sites excluding steroid dienone is 5. The number of hydrogen-bond donors (Lipinski definition) is 1. The van der Waals surface area contributed by atoms with Crippen molar-refractivity contribution in [2.24, 2.45) is 17.1 Å². The van der Waals surface area contributed by atoms with Crippen LogP contribution < -0.4 is 5.73 Å². The first-order valence-corrected chi connectivity index (χ1v) is 6.80. The molecule has 0 aromatic rings. The van der Waals surface area contributed by atoms with Gasteiger partial charge in [-0.1, -0.05) is 38.5 Å². The average Bonchev–Trinajstić information content (AvgIpc) is 2.28. The highest BCUT2D eigenvalue weighted by Crippen LogP contribution is 2.41. The summed E-state index contributed by atoms with van der Waals surface area (Å²) >= 11 is 0. The monoisotopic (exact) mass is 231 g/mol. The molecule has 0 aromatic carbocycles. The molecule has 1 heteroatoms. The molecule has 2 rings (SSSR count). The second kappa shape index (κ2) is 4.72. The summed E-state index contributed by atoms with van der Waals surface area (Å²) in [7, 11) is 0. The number of hydrogen-bond acceptors (Lipinski definition) is 1. The Hall–Kier alpha value is -0.980. The van der Waals surface area contributed by atoms with Gasteiger partial charge in [-0.15, -0.1) is 0 Å². The molecule has 0 aliphatic heterocycles. The minimum Gasteiger partial charge on any atom is -0.402 e. The fraction of sp³-hybridized carbons (Fsp3) is 0.625. The van der Waals surface area contributed by atoms with Gasteiger partial charge in [0.2, 0.25) is 0 Å². The van der Waals surface area contributed by atoms with Crippen LogP contribution >= 0.6 is 0 Å². The lowest BCUT2D eigenvalue weighted by Crippen LogP contribution is -2.23. The van der Waals surface area contributed by atoms with Gasteiger partial charge in [-0.3, -0.25) is 0 Å². The molecule has 0 amide bonds. The van der Waals surface area contributed by atoms with Gasteiger partial charge < -0.3 is 5.73 Å². The maximum Gasteiger partial charge on any atom is 0.0125 e. The third-order valence-electron chi connectivity index (χ3n) is 4.27. The first-order valence-electron chi connectivity index (χ1n) is 6.80. The molecular weight excluding hydrogens is 206 g/mol. The Kier molecular flexibility index (Phi) is 3.46. The van der Waals surface area contributed by atoms with E-state index in [0.29, 0.717) is 5.41 Å². The predicted octanol–water partition coefficient (Wildman–Crippen LogP) is 4.32. The molecule has 0 atom stereocenters. The summed E-state index contributed by atoms with van der Waals surface area (Å²) in [5, 5.41) is 0. The Labute approximate surface area is 105 Å². The van der Waals surface area contributed by atoms with Crippen molar-refractivity contribution < 1.29 is 0 Å². The van der Waals surface area contributed by atoms with E-state index in [9.17, 15) is 0 Å². The lowest BCUT2D eigenvalue weighted by atomic mass is 9.70. The summed E-state index contributed by atoms with van der Waals surface area (Å²) in [6, 6.07) is 0. The second-order valence-electron chi connectivity index (χ2n) is 6.55. The maximum atomic E-state index is 5.90. The SMILES string of the molecule is CC(C)(C)C1CCC(=C2C=CC=C(N)C2)CC1. The Morgan fingerprint density at radius 2 is 1.82 bits per heavy atom. The zero-order chi connectivity index (χ0) is 12.5. The molecule has 2 N–H and O–H groups in total. The zero-order valence-electron chi connectivity index (χ0n) is 11.4. The van der Waals surface area contributed by atoms with Gasteiger partial charge in [0.15, 0.2) is 0 Å². The third kappa shape index (κ3) is 3.02. The Morgan fingerprint density at radius 3 is 2.35 bits per heavy atom. The number of nitrogens with two attached hydrogens (primary N) is 1. The molecule has 1 nitrogen and oxygen atoms in total. The quantitative estimate of drug-likeness (QED) is 0.660. The lowest BCUT2D eigenvalue weighted by molar-refractivity contribution is 0.197. The Balaban J connectivity index is 2.02. The van der Waals surface area contributed by atoms with Crippen LogP contribution in [0.4, 0.5) is 0 Å². The van der Waals surface area contributed by atoms with Gasteiger partial charge >= 0.3 is 0 Å². The van der Waals surface area contributed by atoms with Crippen LogP contribution in [0.5, 0.6) is 0 Å². The van der Waals surface area contributed by atoms with E-state index in [2.05, 4.69) is 32.9 Å². The van der Waals surface area contributed by atoms with Crippen molar-refractivity contribution in [3.63, 3.8) is 0 Å². The molecular formula is C16H25N. The molecule has 2 aliphatic rings. The standard InChI is InChI=1S/C16H25N/c1-16(2,3)14-9-7-12(8-10-14)13-5-4-6-15(17)11-13/h4-6,14H,7-11,17H2,1-3H3. The molecule has 17 heavy (non-hydrogen) atoms.